The standard InChI is InChI=1S/C18H34O3SSi/c1-18(2,3)23(5,6)21-15-11-10-12-16(15)22-14-9-7-8-13-17(19)20-4/h12,15H,7-11,13-14H2,1-6H3/t15-/m1/s1. The van der Waals surface area contributed by atoms with Crippen LogP contribution in [-0.4, -0.2) is 33.3 Å². The Morgan fingerprint density at radius 1 is 1.30 bits per heavy atom. The van der Waals surface area contributed by atoms with Gasteiger partial charge in [0, 0.05) is 11.3 Å². The van der Waals surface area contributed by atoms with E-state index in [4.69, 9.17) is 4.43 Å². The lowest BCUT2D eigenvalue weighted by Gasteiger charge is -2.39. The number of methoxy groups -OCH3 is 1. The topological polar surface area (TPSA) is 35.5 Å². The zero-order chi connectivity index (χ0) is 17.5. The highest BCUT2D eigenvalue weighted by molar-refractivity contribution is 8.03. The molecule has 0 amide bonds. The van der Waals surface area contributed by atoms with E-state index in [2.05, 4.69) is 44.7 Å². The maximum Gasteiger partial charge on any atom is 0.305 e. The van der Waals surface area contributed by atoms with Crippen LogP contribution in [-0.2, 0) is 14.0 Å². The summed E-state index contributed by atoms with van der Waals surface area (Å²) in [4.78, 5) is 12.5. The maximum absolute atomic E-state index is 11.1. The monoisotopic (exact) mass is 358 g/mol. The Labute approximate surface area is 147 Å². The molecule has 0 saturated heterocycles. The molecule has 0 spiro atoms. The van der Waals surface area contributed by atoms with Crippen LogP contribution in [0, 0.1) is 0 Å². The number of esters is 1. The Bertz CT molecular complexity index is 413. The van der Waals surface area contributed by atoms with E-state index in [1.165, 1.54) is 12.0 Å². The molecule has 0 aliphatic heterocycles. The van der Waals surface area contributed by atoms with Gasteiger partial charge >= 0.3 is 5.97 Å². The third kappa shape index (κ3) is 7.02. The van der Waals surface area contributed by atoms with Crippen LogP contribution in [0.15, 0.2) is 11.0 Å². The van der Waals surface area contributed by atoms with E-state index in [1.54, 1.807) is 0 Å². The fourth-order valence-corrected chi connectivity index (χ4v) is 4.86. The minimum Gasteiger partial charge on any atom is -0.469 e. The van der Waals surface area contributed by atoms with Crippen LogP contribution in [0.3, 0.4) is 0 Å². The third-order valence-electron chi connectivity index (χ3n) is 4.86. The summed E-state index contributed by atoms with van der Waals surface area (Å²) in [5.41, 5.74) is 0. The molecular formula is C18H34O3SSi. The van der Waals surface area contributed by atoms with E-state index in [0.29, 0.717) is 12.5 Å². The third-order valence-corrected chi connectivity index (χ3v) is 10.6. The zero-order valence-electron chi connectivity index (χ0n) is 15.7. The van der Waals surface area contributed by atoms with Crippen LogP contribution < -0.4 is 0 Å². The molecule has 1 aliphatic carbocycles. The Morgan fingerprint density at radius 2 is 2.00 bits per heavy atom. The Morgan fingerprint density at radius 3 is 2.61 bits per heavy atom. The van der Waals surface area contributed by atoms with Gasteiger partial charge in [-0.2, -0.15) is 0 Å². The summed E-state index contributed by atoms with van der Waals surface area (Å²) in [5, 5.41) is 0.263. The average Bonchev–Trinajstić information content (AvgIpc) is 2.87. The fraction of sp³-hybridized carbons (Fsp3) is 0.833. The average molecular weight is 359 g/mol. The van der Waals surface area contributed by atoms with Crippen LogP contribution in [0.2, 0.25) is 18.1 Å². The molecule has 1 rings (SSSR count). The number of ether oxygens (including phenoxy) is 1. The van der Waals surface area contributed by atoms with Crippen molar-refractivity contribution in [1.82, 2.24) is 0 Å². The lowest BCUT2D eigenvalue weighted by molar-refractivity contribution is -0.140. The van der Waals surface area contributed by atoms with Crippen LogP contribution in [0.25, 0.3) is 0 Å². The normalized spacial score (nSPS) is 18.9. The van der Waals surface area contributed by atoms with Crippen LogP contribution in [0.4, 0.5) is 0 Å². The van der Waals surface area contributed by atoms with Crippen molar-refractivity contribution in [1.29, 1.82) is 0 Å². The summed E-state index contributed by atoms with van der Waals surface area (Å²) >= 11 is 1.95. The summed E-state index contributed by atoms with van der Waals surface area (Å²) in [6.45, 7) is 11.6. The van der Waals surface area contributed by atoms with Gasteiger partial charge in [-0.15, -0.1) is 11.8 Å². The molecule has 0 bridgehead atoms. The molecule has 0 saturated carbocycles. The van der Waals surface area contributed by atoms with Crippen molar-refractivity contribution in [2.45, 2.75) is 83.5 Å². The molecule has 0 aromatic rings. The smallest absolute Gasteiger partial charge is 0.305 e. The maximum atomic E-state index is 11.1. The lowest BCUT2D eigenvalue weighted by Crippen LogP contribution is -2.43. The van der Waals surface area contributed by atoms with Crippen LogP contribution in [0.5, 0.6) is 0 Å². The van der Waals surface area contributed by atoms with Gasteiger partial charge in [0.25, 0.3) is 0 Å². The molecule has 0 heterocycles. The van der Waals surface area contributed by atoms with Gasteiger partial charge in [0.2, 0.25) is 0 Å². The van der Waals surface area contributed by atoms with Crippen molar-refractivity contribution >= 4 is 26.0 Å². The summed E-state index contributed by atoms with van der Waals surface area (Å²) < 4.78 is 11.2. The van der Waals surface area contributed by atoms with Crippen molar-refractivity contribution in [3.8, 4) is 0 Å². The summed E-state index contributed by atoms with van der Waals surface area (Å²) in [6.07, 6.45) is 8.65. The summed E-state index contributed by atoms with van der Waals surface area (Å²) in [5.74, 6) is 1.02. The first kappa shape index (κ1) is 20.8. The molecule has 5 heteroatoms. The Hall–Kier alpha value is -0.263. The van der Waals surface area contributed by atoms with E-state index in [9.17, 15) is 4.79 Å². The first-order valence-corrected chi connectivity index (χ1v) is 12.6. The zero-order valence-corrected chi connectivity index (χ0v) is 17.6. The molecule has 0 aromatic carbocycles. The molecule has 0 radical (unpaired) electrons. The highest BCUT2D eigenvalue weighted by Gasteiger charge is 2.40. The number of unbranched alkanes of at least 4 members (excludes halogenated alkanes) is 2. The summed E-state index contributed by atoms with van der Waals surface area (Å²) in [7, 11) is -0.243. The van der Waals surface area contributed by atoms with Gasteiger partial charge in [-0.1, -0.05) is 33.3 Å². The van der Waals surface area contributed by atoms with Gasteiger partial charge in [-0.25, -0.2) is 0 Å². The molecule has 3 nitrogen and oxygen atoms in total. The number of allylic oxidation sites excluding steroid dienone is 1. The first-order chi connectivity index (χ1) is 10.7. The van der Waals surface area contributed by atoms with Crippen molar-refractivity contribution in [2.75, 3.05) is 12.9 Å². The number of rotatable bonds is 9. The van der Waals surface area contributed by atoms with E-state index < -0.39 is 8.32 Å². The van der Waals surface area contributed by atoms with E-state index in [-0.39, 0.29) is 11.0 Å². The molecule has 0 fully saturated rings. The quantitative estimate of drug-likeness (QED) is 0.309. The van der Waals surface area contributed by atoms with Crippen molar-refractivity contribution in [3.63, 3.8) is 0 Å². The van der Waals surface area contributed by atoms with E-state index in [0.717, 1.165) is 37.9 Å². The number of thioether (sulfide) groups is 1. The van der Waals surface area contributed by atoms with Gasteiger partial charge in [0.1, 0.15) is 0 Å². The second kappa shape index (κ2) is 9.28. The van der Waals surface area contributed by atoms with Crippen LogP contribution in [0.1, 0.15) is 59.3 Å². The SMILES string of the molecule is COC(=O)CCCCCSC1=CCC[C@H]1O[Si](C)(C)C(C)(C)C. The fourth-order valence-electron chi connectivity index (χ4n) is 2.29. The highest BCUT2D eigenvalue weighted by atomic mass is 32.2. The Kier molecular flexibility index (Phi) is 8.38. The van der Waals surface area contributed by atoms with Crippen molar-refractivity contribution in [2.24, 2.45) is 0 Å². The first-order valence-electron chi connectivity index (χ1n) is 8.75. The van der Waals surface area contributed by atoms with Crippen LogP contribution >= 0.6 is 11.8 Å². The number of carbonyl (C=O) groups is 1. The Balaban J connectivity index is 2.30. The highest BCUT2D eigenvalue weighted by Crippen LogP contribution is 2.41. The molecule has 0 aromatic heterocycles. The minimum absolute atomic E-state index is 0.0982. The molecule has 23 heavy (non-hydrogen) atoms. The molecule has 134 valence electrons. The number of carbonyl (C=O) groups excluding carboxylic acids is 1. The molecule has 0 unspecified atom stereocenters. The predicted octanol–water partition coefficient (Wildman–Crippen LogP) is 5.52. The van der Waals surface area contributed by atoms with E-state index in [1.807, 2.05) is 11.8 Å². The number of hydrogen-bond donors (Lipinski definition) is 0. The van der Waals surface area contributed by atoms with Gasteiger partial charge in [-0.05, 0) is 49.6 Å². The summed E-state index contributed by atoms with van der Waals surface area (Å²) in [6, 6.07) is 0. The largest absolute Gasteiger partial charge is 0.469 e. The van der Waals surface area contributed by atoms with Gasteiger partial charge in [0.05, 0.1) is 13.2 Å². The predicted molar refractivity (Wildman–Crippen MR) is 102 cm³/mol. The van der Waals surface area contributed by atoms with Crippen molar-refractivity contribution in [3.05, 3.63) is 11.0 Å². The lowest BCUT2D eigenvalue weighted by atomic mass is 10.2. The van der Waals surface area contributed by atoms with E-state index >= 15 is 0 Å². The molecular weight excluding hydrogens is 324 g/mol. The van der Waals surface area contributed by atoms with Gasteiger partial charge in [-0.3, -0.25) is 4.79 Å². The second-order valence-electron chi connectivity index (χ2n) is 7.79. The molecule has 1 aliphatic rings. The number of hydrogen-bond acceptors (Lipinski definition) is 4. The van der Waals surface area contributed by atoms with Crippen molar-refractivity contribution < 1.29 is 14.0 Å². The van der Waals surface area contributed by atoms with Gasteiger partial charge < -0.3 is 9.16 Å². The van der Waals surface area contributed by atoms with Gasteiger partial charge in [0.15, 0.2) is 8.32 Å². The molecule has 0 N–H and O–H groups in total. The molecule has 1 atom stereocenters. The second-order valence-corrected chi connectivity index (χ2v) is 13.7. The minimum atomic E-state index is -1.69.